The molecular formula is C43H26BN2OS. The number of nitrogens with zero attached hydrogens (tertiary/aromatic N) is 1. The molecule has 223 valence electrons. The number of H-pyrrole nitrogens is 1. The van der Waals surface area contributed by atoms with Crippen molar-refractivity contribution in [3.05, 3.63) is 126 Å². The van der Waals surface area contributed by atoms with Crippen molar-refractivity contribution in [2.75, 3.05) is 0 Å². The molecule has 1 aliphatic heterocycles. The predicted octanol–water partition coefficient (Wildman–Crippen LogP) is 10.3. The van der Waals surface area contributed by atoms with Gasteiger partial charge in [-0.1, -0.05) is 116 Å². The molecule has 0 unspecified atom stereocenters. The van der Waals surface area contributed by atoms with Crippen molar-refractivity contribution in [1.82, 2.24) is 9.55 Å². The van der Waals surface area contributed by atoms with Crippen LogP contribution in [0.25, 0.3) is 92.1 Å². The van der Waals surface area contributed by atoms with Crippen molar-refractivity contribution in [1.29, 1.82) is 0 Å². The first-order valence-corrected chi connectivity index (χ1v) is 17.4. The fraction of sp³-hybridized carbons (Fsp3) is 0.0698. The molecule has 0 fully saturated rings. The number of thiophene rings is 1. The summed E-state index contributed by atoms with van der Waals surface area (Å²) < 4.78 is 12.1. The Hall–Kier alpha value is -5.52. The zero-order chi connectivity index (χ0) is 31.5. The molecule has 5 heteroatoms. The van der Waals surface area contributed by atoms with Gasteiger partial charge in [-0.05, 0) is 34.8 Å². The molecule has 6 aromatic carbocycles. The second-order valence-electron chi connectivity index (χ2n) is 13.9. The van der Waals surface area contributed by atoms with Gasteiger partial charge in [-0.25, -0.2) is 0 Å². The summed E-state index contributed by atoms with van der Waals surface area (Å²) in [6, 6.07) is 42.2. The van der Waals surface area contributed by atoms with Crippen molar-refractivity contribution in [3.8, 4) is 28.1 Å². The lowest BCUT2D eigenvalue weighted by Crippen LogP contribution is -2.37. The fourth-order valence-electron chi connectivity index (χ4n) is 9.16. The van der Waals surface area contributed by atoms with Crippen LogP contribution in [0.1, 0.15) is 25.0 Å². The quantitative estimate of drug-likeness (QED) is 0.180. The van der Waals surface area contributed by atoms with Crippen LogP contribution in [0.15, 0.2) is 120 Å². The molecule has 12 rings (SSSR count). The first-order chi connectivity index (χ1) is 23.6. The SMILES string of the molecule is CC1(C)c2ccccc2-c2c1c1cccc3c1n2-c1cc2c(oc4ccccc42)c(-c2cccc4c2[nH]c2c5ccccc5sc42)c1[B]3. The summed E-state index contributed by atoms with van der Waals surface area (Å²) in [7, 11) is 2.41. The monoisotopic (exact) mass is 629 g/mol. The van der Waals surface area contributed by atoms with Gasteiger partial charge in [-0.2, -0.15) is 0 Å². The Balaban J connectivity index is 1.27. The van der Waals surface area contributed by atoms with Gasteiger partial charge in [0.1, 0.15) is 11.2 Å². The van der Waals surface area contributed by atoms with E-state index in [2.05, 4.69) is 146 Å². The highest BCUT2D eigenvalue weighted by Gasteiger charge is 2.42. The second kappa shape index (κ2) is 8.49. The maximum Gasteiger partial charge on any atom is 0.198 e. The first-order valence-electron chi connectivity index (χ1n) is 16.6. The maximum atomic E-state index is 6.86. The number of aromatic amines is 1. The van der Waals surface area contributed by atoms with Gasteiger partial charge in [0.15, 0.2) is 7.28 Å². The fourth-order valence-corrected chi connectivity index (χ4v) is 10.4. The zero-order valence-electron chi connectivity index (χ0n) is 26.3. The third-order valence-corrected chi connectivity index (χ3v) is 12.4. The molecule has 5 heterocycles. The normalized spacial score (nSPS) is 14.4. The largest absolute Gasteiger partial charge is 0.455 e. The average Bonchev–Trinajstić information content (AvgIpc) is 3.89. The Morgan fingerprint density at radius 3 is 2.40 bits per heavy atom. The minimum absolute atomic E-state index is 0.113. The average molecular weight is 630 g/mol. The van der Waals surface area contributed by atoms with Crippen LogP contribution in [0.2, 0.25) is 0 Å². The van der Waals surface area contributed by atoms with Gasteiger partial charge in [0.25, 0.3) is 0 Å². The Labute approximate surface area is 280 Å². The predicted molar refractivity (Wildman–Crippen MR) is 203 cm³/mol. The molecule has 0 saturated heterocycles. The number of furan rings is 1. The Bertz CT molecular complexity index is 3080. The number of fused-ring (bicyclic) bond motifs is 15. The van der Waals surface area contributed by atoms with Crippen LogP contribution >= 0.6 is 11.3 Å². The number of hydrogen-bond donors (Lipinski definition) is 1. The van der Waals surface area contributed by atoms with E-state index in [1.807, 2.05) is 11.3 Å². The summed E-state index contributed by atoms with van der Waals surface area (Å²) in [5, 5.41) is 6.14. The van der Waals surface area contributed by atoms with Crippen LogP contribution in [0.4, 0.5) is 0 Å². The molecule has 0 bridgehead atoms. The molecule has 2 aliphatic rings. The van der Waals surface area contributed by atoms with Gasteiger partial charge in [0, 0.05) is 64.9 Å². The maximum absolute atomic E-state index is 6.86. The molecule has 1 radical (unpaired) electrons. The van der Waals surface area contributed by atoms with Crippen LogP contribution < -0.4 is 10.9 Å². The second-order valence-corrected chi connectivity index (χ2v) is 15.0. The summed E-state index contributed by atoms with van der Waals surface area (Å²) >= 11 is 1.87. The van der Waals surface area contributed by atoms with Crippen LogP contribution in [0.3, 0.4) is 0 Å². The van der Waals surface area contributed by atoms with Crippen molar-refractivity contribution in [3.63, 3.8) is 0 Å². The van der Waals surface area contributed by atoms with Gasteiger partial charge in [0.05, 0.1) is 21.4 Å². The van der Waals surface area contributed by atoms with Crippen molar-refractivity contribution in [2.45, 2.75) is 19.3 Å². The molecule has 10 aromatic rings. The smallest absolute Gasteiger partial charge is 0.198 e. The number of nitrogens with one attached hydrogen (secondary N) is 1. The molecule has 0 spiro atoms. The topological polar surface area (TPSA) is 33.9 Å². The number of para-hydroxylation sites is 3. The van der Waals surface area contributed by atoms with Crippen LogP contribution in [-0.2, 0) is 5.41 Å². The highest BCUT2D eigenvalue weighted by atomic mass is 32.1. The van der Waals surface area contributed by atoms with Crippen LogP contribution in [-0.4, -0.2) is 16.8 Å². The number of hydrogen-bond acceptors (Lipinski definition) is 2. The van der Waals surface area contributed by atoms with E-state index >= 15 is 0 Å². The summed E-state index contributed by atoms with van der Waals surface area (Å²) in [4.78, 5) is 3.92. The molecule has 1 N–H and O–H groups in total. The number of benzene rings is 6. The highest BCUT2D eigenvalue weighted by Crippen LogP contribution is 2.54. The summed E-state index contributed by atoms with van der Waals surface area (Å²) in [6.45, 7) is 4.77. The van der Waals surface area contributed by atoms with Gasteiger partial charge < -0.3 is 14.0 Å². The van der Waals surface area contributed by atoms with E-state index < -0.39 is 0 Å². The number of aromatic nitrogens is 2. The molecular weight excluding hydrogens is 603 g/mol. The van der Waals surface area contributed by atoms with E-state index in [0.717, 1.165) is 38.6 Å². The zero-order valence-corrected chi connectivity index (χ0v) is 27.1. The van der Waals surface area contributed by atoms with Crippen LogP contribution in [0.5, 0.6) is 0 Å². The molecule has 3 nitrogen and oxygen atoms in total. The molecule has 48 heavy (non-hydrogen) atoms. The molecule has 4 aromatic heterocycles. The van der Waals surface area contributed by atoms with E-state index in [-0.39, 0.29) is 5.41 Å². The Morgan fingerprint density at radius 1 is 0.708 bits per heavy atom. The molecule has 0 saturated carbocycles. The standard InChI is InChI=1S/C43H26BN2OS/c1-43(2)29-17-6-3-12-23(29)40-35(43)26-15-10-18-30-39(26)46(40)31-21-28-22-11-4-7-19-32(22)47-41(28)34(36(31)44-30)25-14-9-16-27-37(25)45-38-24-13-5-8-20-33(24)48-42(27)38/h3-21,45H,1-2H3. The lowest BCUT2D eigenvalue weighted by molar-refractivity contribution is 0.666. The third kappa shape index (κ3) is 2.90. The third-order valence-electron chi connectivity index (χ3n) is 11.2. The summed E-state index contributed by atoms with van der Waals surface area (Å²) in [5.74, 6) is 0. The van der Waals surface area contributed by atoms with E-state index in [1.165, 1.54) is 75.6 Å². The van der Waals surface area contributed by atoms with Crippen molar-refractivity contribution >= 4 is 93.6 Å². The van der Waals surface area contributed by atoms with Gasteiger partial charge >= 0.3 is 0 Å². The minimum atomic E-state index is -0.113. The lowest BCUT2D eigenvalue weighted by atomic mass is 9.58. The Morgan fingerprint density at radius 2 is 1.46 bits per heavy atom. The van der Waals surface area contributed by atoms with Gasteiger partial charge in [0.2, 0.25) is 0 Å². The minimum Gasteiger partial charge on any atom is -0.455 e. The van der Waals surface area contributed by atoms with Crippen LogP contribution in [0, 0.1) is 0 Å². The number of rotatable bonds is 1. The highest BCUT2D eigenvalue weighted by molar-refractivity contribution is 7.26. The van der Waals surface area contributed by atoms with E-state index in [4.69, 9.17) is 4.42 Å². The lowest BCUT2D eigenvalue weighted by Gasteiger charge is -2.25. The first kappa shape index (κ1) is 25.6. The summed E-state index contributed by atoms with van der Waals surface area (Å²) in [5.41, 5.74) is 16.8. The van der Waals surface area contributed by atoms with E-state index in [1.54, 1.807) is 0 Å². The molecule has 1 aliphatic carbocycles. The summed E-state index contributed by atoms with van der Waals surface area (Å²) in [6.07, 6.45) is 0. The molecule has 0 atom stereocenters. The molecule has 0 amide bonds. The van der Waals surface area contributed by atoms with Gasteiger partial charge in [-0.3, -0.25) is 0 Å². The van der Waals surface area contributed by atoms with Crippen molar-refractivity contribution < 1.29 is 4.42 Å². The van der Waals surface area contributed by atoms with Crippen molar-refractivity contribution in [2.24, 2.45) is 0 Å². The van der Waals surface area contributed by atoms with E-state index in [0.29, 0.717) is 0 Å². The van der Waals surface area contributed by atoms with E-state index in [9.17, 15) is 0 Å². The van der Waals surface area contributed by atoms with Gasteiger partial charge in [-0.15, -0.1) is 11.3 Å². The Kier molecular flexibility index (Phi) is 4.52.